The summed E-state index contributed by atoms with van der Waals surface area (Å²) in [7, 11) is 1.94. The SMILES string of the molecule is CC1=C(c2cnn(C)c2)CCC(Cl)=C1. The number of hydrogen-bond donors (Lipinski definition) is 0. The van der Waals surface area contributed by atoms with E-state index in [0.29, 0.717) is 0 Å². The van der Waals surface area contributed by atoms with Crippen LogP contribution in [0.4, 0.5) is 0 Å². The molecule has 0 aliphatic heterocycles. The molecule has 1 aromatic rings. The van der Waals surface area contributed by atoms with Crippen molar-refractivity contribution < 1.29 is 0 Å². The van der Waals surface area contributed by atoms with Gasteiger partial charge in [0.15, 0.2) is 0 Å². The normalized spacial score (nSPS) is 17.2. The molecule has 0 saturated heterocycles. The monoisotopic (exact) mass is 208 g/mol. The van der Waals surface area contributed by atoms with Crippen LogP contribution in [-0.2, 0) is 7.05 Å². The van der Waals surface area contributed by atoms with Crippen molar-refractivity contribution >= 4 is 17.2 Å². The van der Waals surface area contributed by atoms with Crippen molar-refractivity contribution in [2.75, 3.05) is 0 Å². The van der Waals surface area contributed by atoms with E-state index in [1.165, 1.54) is 16.7 Å². The van der Waals surface area contributed by atoms with Crippen LogP contribution in [0.25, 0.3) is 5.57 Å². The van der Waals surface area contributed by atoms with Crippen molar-refractivity contribution in [3.63, 3.8) is 0 Å². The molecule has 0 saturated carbocycles. The van der Waals surface area contributed by atoms with Gasteiger partial charge in [0, 0.05) is 23.8 Å². The van der Waals surface area contributed by atoms with Gasteiger partial charge >= 0.3 is 0 Å². The highest BCUT2D eigenvalue weighted by Crippen LogP contribution is 2.32. The highest BCUT2D eigenvalue weighted by atomic mass is 35.5. The predicted molar refractivity (Wildman–Crippen MR) is 59.0 cm³/mol. The van der Waals surface area contributed by atoms with Crippen LogP contribution in [0.5, 0.6) is 0 Å². The van der Waals surface area contributed by atoms with Crippen LogP contribution in [-0.4, -0.2) is 9.78 Å². The van der Waals surface area contributed by atoms with E-state index in [4.69, 9.17) is 11.6 Å². The molecule has 1 aliphatic carbocycles. The zero-order valence-electron chi connectivity index (χ0n) is 8.42. The molecule has 0 radical (unpaired) electrons. The molecule has 0 spiro atoms. The van der Waals surface area contributed by atoms with Gasteiger partial charge in [0.2, 0.25) is 0 Å². The first-order valence-electron chi connectivity index (χ1n) is 4.71. The molecule has 1 aromatic heterocycles. The lowest BCUT2D eigenvalue weighted by molar-refractivity contribution is 0.767. The Morgan fingerprint density at radius 1 is 1.43 bits per heavy atom. The lowest BCUT2D eigenvalue weighted by Crippen LogP contribution is -1.93. The van der Waals surface area contributed by atoms with Crippen LogP contribution in [0.15, 0.2) is 29.1 Å². The fourth-order valence-electron chi connectivity index (χ4n) is 1.78. The quantitative estimate of drug-likeness (QED) is 0.694. The van der Waals surface area contributed by atoms with E-state index in [0.717, 1.165) is 17.9 Å². The first-order valence-corrected chi connectivity index (χ1v) is 5.09. The molecular weight excluding hydrogens is 196 g/mol. The lowest BCUT2D eigenvalue weighted by Gasteiger charge is -2.13. The summed E-state index contributed by atoms with van der Waals surface area (Å²) >= 11 is 5.98. The fourth-order valence-corrected chi connectivity index (χ4v) is 2.04. The second kappa shape index (κ2) is 3.62. The lowest BCUT2D eigenvalue weighted by atomic mass is 9.94. The first kappa shape index (κ1) is 9.53. The maximum atomic E-state index is 5.98. The zero-order valence-corrected chi connectivity index (χ0v) is 9.17. The maximum absolute atomic E-state index is 5.98. The summed E-state index contributed by atoms with van der Waals surface area (Å²) in [5.41, 5.74) is 3.84. The molecule has 0 aromatic carbocycles. The number of hydrogen-bond acceptors (Lipinski definition) is 1. The Morgan fingerprint density at radius 3 is 2.79 bits per heavy atom. The molecule has 0 atom stereocenters. The Kier molecular flexibility index (Phi) is 2.46. The molecule has 3 heteroatoms. The van der Waals surface area contributed by atoms with Gasteiger partial charge in [-0.2, -0.15) is 5.10 Å². The maximum Gasteiger partial charge on any atom is 0.0565 e. The molecule has 2 nitrogen and oxygen atoms in total. The van der Waals surface area contributed by atoms with Crippen LogP contribution in [0, 0.1) is 0 Å². The molecule has 1 aliphatic rings. The largest absolute Gasteiger partial charge is 0.275 e. The number of allylic oxidation sites excluding steroid dienone is 4. The summed E-state index contributed by atoms with van der Waals surface area (Å²) in [6, 6.07) is 0. The van der Waals surface area contributed by atoms with E-state index < -0.39 is 0 Å². The highest BCUT2D eigenvalue weighted by molar-refractivity contribution is 6.30. The van der Waals surface area contributed by atoms with E-state index in [1.54, 1.807) is 0 Å². The average Bonchev–Trinajstić information content (AvgIpc) is 2.51. The third-order valence-corrected chi connectivity index (χ3v) is 2.81. The van der Waals surface area contributed by atoms with Crippen molar-refractivity contribution in [1.82, 2.24) is 9.78 Å². The van der Waals surface area contributed by atoms with Gasteiger partial charge in [0.1, 0.15) is 0 Å². The molecule has 1 heterocycles. The molecular formula is C11H13ClN2. The van der Waals surface area contributed by atoms with Crippen LogP contribution in [0.1, 0.15) is 25.3 Å². The molecule has 74 valence electrons. The van der Waals surface area contributed by atoms with Gasteiger partial charge in [-0.1, -0.05) is 11.6 Å². The summed E-state index contributed by atoms with van der Waals surface area (Å²) in [6.45, 7) is 2.10. The minimum absolute atomic E-state index is 0.948. The van der Waals surface area contributed by atoms with Crippen LogP contribution < -0.4 is 0 Å². The average molecular weight is 209 g/mol. The molecule has 0 unspecified atom stereocenters. The smallest absolute Gasteiger partial charge is 0.0565 e. The van der Waals surface area contributed by atoms with E-state index in [-0.39, 0.29) is 0 Å². The van der Waals surface area contributed by atoms with E-state index in [2.05, 4.69) is 12.0 Å². The van der Waals surface area contributed by atoms with E-state index >= 15 is 0 Å². The third-order valence-electron chi connectivity index (χ3n) is 2.52. The Balaban J connectivity index is 2.39. The van der Waals surface area contributed by atoms with Crippen molar-refractivity contribution in [1.29, 1.82) is 0 Å². The molecule has 0 fully saturated rings. The van der Waals surface area contributed by atoms with Crippen LogP contribution >= 0.6 is 11.6 Å². The van der Waals surface area contributed by atoms with Crippen LogP contribution in [0.2, 0.25) is 0 Å². The summed E-state index contributed by atoms with van der Waals surface area (Å²) in [5, 5.41) is 5.13. The Bertz CT molecular complexity index is 413. The number of halogens is 1. The molecule has 14 heavy (non-hydrogen) atoms. The van der Waals surface area contributed by atoms with Gasteiger partial charge in [0.25, 0.3) is 0 Å². The van der Waals surface area contributed by atoms with Crippen molar-refractivity contribution in [3.8, 4) is 0 Å². The predicted octanol–water partition coefficient (Wildman–Crippen LogP) is 3.11. The van der Waals surface area contributed by atoms with Gasteiger partial charge in [-0.3, -0.25) is 4.68 Å². The number of nitrogens with zero attached hydrogens (tertiary/aromatic N) is 2. The summed E-state index contributed by atoms with van der Waals surface area (Å²) in [6.07, 6.45) is 7.97. The van der Waals surface area contributed by atoms with Gasteiger partial charge in [0.05, 0.1) is 6.20 Å². The summed E-state index contributed by atoms with van der Waals surface area (Å²) in [4.78, 5) is 0. The number of aryl methyl sites for hydroxylation is 1. The Hall–Kier alpha value is -1.02. The van der Waals surface area contributed by atoms with E-state index in [1.807, 2.05) is 30.2 Å². The van der Waals surface area contributed by atoms with Crippen molar-refractivity contribution in [2.45, 2.75) is 19.8 Å². The number of rotatable bonds is 1. The highest BCUT2D eigenvalue weighted by Gasteiger charge is 2.12. The molecule has 0 N–H and O–H groups in total. The van der Waals surface area contributed by atoms with Crippen LogP contribution in [0.3, 0.4) is 0 Å². The Morgan fingerprint density at radius 2 is 2.21 bits per heavy atom. The zero-order chi connectivity index (χ0) is 10.1. The minimum Gasteiger partial charge on any atom is -0.275 e. The third kappa shape index (κ3) is 1.75. The topological polar surface area (TPSA) is 17.8 Å². The first-order chi connectivity index (χ1) is 6.66. The molecule has 0 amide bonds. The summed E-state index contributed by atoms with van der Waals surface area (Å²) in [5.74, 6) is 0. The van der Waals surface area contributed by atoms with Gasteiger partial charge in [-0.05, 0) is 37.0 Å². The van der Waals surface area contributed by atoms with Gasteiger partial charge in [-0.15, -0.1) is 0 Å². The fraction of sp³-hybridized carbons (Fsp3) is 0.364. The second-order valence-corrected chi connectivity index (χ2v) is 4.14. The standard InChI is InChI=1S/C11H13ClN2/c1-8-5-10(12)3-4-11(8)9-6-13-14(2)7-9/h5-7H,3-4H2,1-2H3. The Labute approximate surface area is 88.9 Å². The minimum atomic E-state index is 0.948. The number of aromatic nitrogens is 2. The molecule has 2 rings (SSSR count). The van der Waals surface area contributed by atoms with Crippen molar-refractivity contribution in [3.05, 3.63) is 34.6 Å². The summed E-state index contributed by atoms with van der Waals surface area (Å²) < 4.78 is 1.83. The molecule has 0 bridgehead atoms. The van der Waals surface area contributed by atoms with Gasteiger partial charge < -0.3 is 0 Å². The van der Waals surface area contributed by atoms with E-state index in [9.17, 15) is 0 Å². The van der Waals surface area contributed by atoms with Crippen molar-refractivity contribution in [2.24, 2.45) is 7.05 Å². The van der Waals surface area contributed by atoms with Gasteiger partial charge in [-0.25, -0.2) is 0 Å². The second-order valence-electron chi connectivity index (χ2n) is 3.66.